The Kier molecular flexibility index (Phi) is 4.71. The zero-order chi connectivity index (χ0) is 18.8. The minimum Gasteiger partial charge on any atom is -0.314 e. The van der Waals surface area contributed by atoms with E-state index in [9.17, 15) is 0 Å². The van der Waals surface area contributed by atoms with Crippen LogP contribution >= 0.6 is 0 Å². The molecule has 0 amide bonds. The SMILES string of the molecule is CC1CCC2C3CCC4C[C@H](C)[C@@H](N5CCNCC5)C[C@]4(C)C3CC[C@]12C. The number of piperazine rings is 1. The Labute approximate surface area is 168 Å². The van der Waals surface area contributed by atoms with E-state index in [0.717, 1.165) is 41.5 Å². The van der Waals surface area contributed by atoms with Crippen molar-refractivity contribution in [2.45, 2.75) is 85.1 Å². The molecule has 2 nitrogen and oxygen atoms in total. The summed E-state index contributed by atoms with van der Waals surface area (Å²) in [7, 11) is 0. The first-order chi connectivity index (χ1) is 12.9. The molecular weight excluding hydrogens is 328 g/mol. The maximum atomic E-state index is 3.57. The number of nitrogens with one attached hydrogen (secondary N) is 1. The average Bonchev–Trinajstić information content (AvgIpc) is 2.97. The molecule has 1 saturated heterocycles. The fourth-order valence-corrected chi connectivity index (χ4v) is 9.26. The van der Waals surface area contributed by atoms with Gasteiger partial charge in [0.1, 0.15) is 0 Å². The summed E-state index contributed by atoms with van der Waals surface area (Å²) in [5.41, 5.74) is 1.29. The van der Waals surface area contributed by atoms with Crippen LogP contribution in [0.25, 0.3) is 0 Å². The molecule has 2 heteroatoms. The molecule has 0 bridgehead atoms. The molecule has 154 valence electrons. The lowest BCUT2D eigenvalue weighted by atomic mass is 9.44. The summed E-state index contributed by atoms with van der Waals surface area (Å²) >= 11 is 0. The standard InChI is InChI=1S/C25H44N2/c1-17-15-19-6-7-20-21-8-5-18(2)24(21,3)10-9-22(20)25(19,4)16-23(17)27-13-11-26-12-14-27/h17-23,26H,5-16H2,1-4H3/t17-,18?,19?,20?,21?,22?,23-,24+,25-/m0/s1. The summed E-state index contributed by atoms with van der Waals surface area (Å²) in [5.74, 6) is 5.99. The van der Waals surface area contributed by atoms with Crippen molar-refractivity contribution >= 4 is 0 Å². The zero-order valence-electron chi connectivity index (χ0n) is 18.5. The van der Waals surface area contributed by atoms with Crippen LogP contribution in [0.15, 0.2) is 0 Å². The van der Waals surface area contributed by atoms with E-state index < -0.39 is 0 Å². The first-order valence-electron chi connectivity index (χ1n) is 12.4. The Morgan fingerprint density at radius 2 is 1.59 bits per heavy atom. The van der Waals surface area contributed by atoms with Gasteiger partial charge in [-0.3, -0.25) is 4.90 Å². The van der Waals surface area contributed by atoms with Crippen LogP contribution in [0.2, 0.25) is 0 Å². The van der Waals surface area contributed by atoms with Gasteiger partial charge in [-0.05, 0) is 97.7 Å². The molecule has 4 saturated carbocycles. The monoisotopic (exact) mass is 372 g/mol. The van der Waals surface area contributed by atoms with E-state index in [1.54, 1.807) is 6.42 Å². The van der Waals surface area contributed by atoms with Gasteiger partial charge in [0.25, 0.3) is 0 Å². The lowest BCUT2D eigenvalue weighted by Gasteiger charge is -2.63. The Morgan fingerprint density at radius 1 is 0.852 bits per heavy atom. The summed E-state index contributed by atoms with van der Waals surface area (Å²) in [4.78, 5) is 2.87. The minimum atomic E-state index is 0.623. The van der Waals surface area contributed by atoms with Crippen LogP contribution in [-0.2, 0) is 0 Å². The van der Waals surface area contributed by atoms with Crippen molar-refractivity contribution in [3.8, 4) is 0 Å². The van der Waals surface area contributed by atoms with Crippen LogP contribution in [0.1, 0.15) is 79.1 Å². The van der Waals surface area contributed by atoms with Crippen molar-refractivity contribution in [3.05, 3.63) is 0 Å². The van der Waals surface area contributed by atoms with E-state index in [1.807, 2.05) is 0 Å². The van der Waals surface area contributed by atoms with Gasteiger partial charge < -0.3 is 5.32 Å². The number of nitrogens with zero attached hydrogens (tertiary/aromatic N) is 1. The molecule has 5 rings (SSSR count). The third kappa shape index (κ3) is 2.79. The van der Waals surface area contributed by atoms with Crippen LogP contribution < -0.4 is 5.32 Å². The summed E-state index contributed by atoms with van der Waals surface area (Å²) < 4.78 is 0. The van der Waals surface area contributed by atoms with E-state index >= 15 is 0 Å². The molecule has 9 atom stereocenters. The van der Waals surface area contributed by atoms with Crippen molar-refractivity contribution in [3.63, 3.8) is 0 Å². The molecule has 27 heavy (non-hydrogen) atoms. The van der Waals surface area contributed by atoms with Crippen LogP contribution in [0.3, 0.4) is 0 Å². The lowest BCUT2D eigenvalue weighted by Crippen LogP contribution is -2.59. The van der Waals surface area contributed by atoms with E-state index in [1.165, 1.54) is 71.1 Å². The van der Waals surface area contributed by atoms with Crippen LogP contribution in [-0.4, -0.2) is 37.1 Å². The number of fused-ring (bicyclic) bond motifs is 5. The second-order valence-electron chi connectivity index (χ2n) is 12.0. The molecule has 0 spiro atoms. The minimum absolute atomic E-state index is 0.623. The van der Waals surface area contributed by atoms with Crippen molar-refractivity contribution < 1.29 is 0 Å². The van der Waals surface area contributed by atoms with Gasteiger partial charge in [-0.2, -0.15) is 0 Å². The van der Waals surface area contributed by atoms with Gasteiger partial charge in [0, 0.05) is 32.2 Å². The highest BCUT2D eigenvalue weighted by Gasteiger charge is 2.60. The predicted molar refractivity (Wildman–Crippen MR) is 114 cm³/mol. The molecule has 0 aromatic rings. The fraction of sp³-hybridized carbons (Fsp3) is 1.00. The maximum Gasteiger partial charge on any atom is 0.0127 e. The quantitative estimate of drug-likeness (QED) is 0.682. The molecule has 0 aromatic heterocycles. The van der Waals surface area contributed by atoms with Gasteiger partial charge in [-0.1, -0.05) is 27.7 Å². The Morgan fingerprint density at radius 3 is 2.37 bits per heavy atom. The largest absolute Gasteiger partial charge is 0.314 e. The molecule has 1 N–H and O–H groups in total. The third-order valence-corrected chi connectivity index (χ3v) is 11.1. The Balaban J connectivity index is 1.40. The van der Waals surface area contributed by atoms with E-state index in [0.29, 0.717) is 10.8 Å². The van der Waals surface area contributed by atoms with Crippen LogP contribution in [0, 0.1) is 46.3 Å². The van der Waals surface area contributed by atoms with Gasteiger partial charge in [-0.15, -0.1) is 0 Å². The molecule has 5 fully saturated rings. The highest BCUT2D eigenvalue weighted by molar-refractivity contribution is 5.10. The van der Waals surface area contributed by atoms with Crippen molar-refractivity contribution in [1.82, 2.24) is 10.2 Å². The third-order valence-electron chi connectivity index (χ3n) is 11.1. The van der Waals surface area contributed by atoms with E-state index in [4.69, 9.17) is 0 Å². The maximum absolute atomic E-state index is 3.57. The van der Waals surface area contributed by atoms with Crippen molar-refractivity contribution in [2.24, 2.45) is 46.3 Å². The Hall–Kier alpha value is -0.0800. The van der Waals surface area contributed by atoms with Crippen LogP contribution in [0.5, 0.6) is 0 Å². The molecule has 0 aromatic carbocycles. The van der Waals surface area contributed by atoms with Crippen molar-refractivity contribution in [1.29, 1.82) is 0 Å². The topological polar surface area (TPSA) is 15.3 Å². The second kappa shape index (κ2) is 6.73. The van der Waals surface area contributed by atoms with Gasteiger partial charge >= 0.3 is 0 Å². The van der Waals surface area contributed by atoms with Gasteiger partial charge in [-0.25, -0.2) is 0 Å². The fourth-order valence-electron chi connectivity index (χ4n) is 9.26. The van der Waals surface area contributed by atoms with Crippen molar-refractivity contribution in [2.75, 3.05) is 26.2 Å². The lowest BCUT2D eigenvalue weighted by molar-refractivity contribution is -0.133. The van der Waals surface area contributed by atoms with Gasteiger partial charge in [0.05, 0.1) is 0 Å². The molecule has 0 radical (unpaired) electrons. The second-order valence-corrected chi connectivity index (χ2v) is 12.0. The first-order valence-corrected chi connectivity index (χ1v) is 12.4. The number of hydrogen-bond donors (Lipinski definition) is 1. The predicted octanol–water partition coefficient (Wildman–Crippen LogP) is 5.19. The molecular formula is C25H44N2. The zero-order valence-corrected chi connectivity index (χ0v) is 18.5. The summed E-state index contributed by atoms with van der Waals surface area (Å²) in [5, 5.41) is 3.57. The normalized spacial score (nSPS) is 56.2. The molecule has 1 aliphatic heterocycles. The highest BCUT2D eigenvalue weighted by atomic mass is 15.2. The van der Waals surface area contributed by atoms with E-state index in [2.05, 4.69) is 37.9 Å². The Bertz CT molecular complexity index is 555. The summed E-state index contributed by atoms with van der Waals surface area (Å²) in [6.07, 6.45) is 12.2. The number of rotatable bonds is 1. The van der Waals surface area contributed by atoms with E-state index in [-0.39, 0.29) is 0 Å². The van der Waals surface area contributed by atoms with Gasteiger partial charge in [0.2, 0.25) is 0 Å². The highest BCUT2D eigenvalue weighted by Crippen LogP contribution is 2.67. The molecule has 5 unspecified atom stereocenters. The number of hydrogen-bond acceptors (Lipinski definition) is 2. The average molecular weight is 373 g/mol. The first kappa shape index (κ1) is 18.9. The summed E-state index contributed by atoms with van der Waals surface area (Å²) in [6, 6.07) is 0.850. The smallest absolute Gasteiger partial charge is 0.0127 e. The summed E-state index contributed by atoms with van der Waals surface area (Å²) in [6.45, 7) is 15.5. The van der Waals surface area contributed by atoms with Gasteiger partial charge in [0.15, 0.2) is 0 Å². The van der Waals surface area contributed by atoms with Crippen LogP contribution in [0.4, 0.5) is 0 Å². The molecule has 4 aliphatic carbocycles. The molecule has 5 aliphatic rings. The molecule has 1 heterocycles.